The second kappa shape index (κ2) is 8.04. The molecule has 0 aliphatic carbocycles. The zero-order chi connectivity index (χ0) is 21.4. The molecule has 0 spiro atoms. The Balaban J connectivity index is 1.24. The monoisotopic (exact) mass is 458 g/mol. The van der Waals surface area contributed by atoms with Crippen LogP contribution in [0.4, 0.5) is 0 Å². The van der Waals surface area contributed by atoms with Crippen LogP contribution >= 0.6 is 11.6 Å². The average Bonchev–Trinajstić information content (AvgIpc) is 3.42. The van der Waals surface area contributed by atoms with Crippen molar-refractivity contribution in [3.63, 3.8) is 0 Å². The third kappa shape index (κ3) is 3.94. The summed E-state index contributed by atoms with van der Waals surface area (Å²) < 4.78 is 33.5. The molecule has 5 rings (SSSR count). The van der Waals surface area contributed by atoms with Crippen molar-refractivity contribution in [1.29, 1.82) is 0 Å². The molecule has 0 amide bonds. The van der Waals surface area contributed by atoms with Crippen molar-refractivity contribution in [2.24, 2.45) is 0 Å². The van der Waals surface area contributed by atoms with Crippen LogP contribution in [0.15, 0.2) is 58.1 Å². The molecule has 0 bridgehead atoms. The van der Waals surface area contributed by atoms with Crippen molar-refractivity contribution in [3.05, 3.63) is 59.7 Å². The van der Waals surface area contributed by atoms with Gasteiger partial charge in [0.05, 0.1) is 6.54 Å². The number of sulfonamides is 1. The van der Waals surface area contributed by atoms with Gasteiger partial charge in [-0.05, 0) is 36.4 Å². The zero-order valence-electron chi connectivity index (χ0n) is 16.4. The lowest BCUT2D eigenvalue weighted by Crippen LogP contribution is -2.48. The Labute approximate surface area is 183 Å². The molecular weight excluding hydrogens is 440 g/mol. The van der Waals surface area contributed by atoms with E-state index >= 15 is 0 Å². The smallest absolute Gasteiger partial charge is 0.247 e. The Morgan fingerprint density at radius 3 is 2.61 bits per heavy atom. The summed E-state index contributed by atoms with van der Waals surface area (Å²) in [5.74, 6) is 0.921. The maximum absolute atomic E-state index is 13.1. The van der Waals surface area contributed by atoms with E-state index in [1.807, 2.05) is 12.1 Å². The fourth-order valence-corrected chi connectivity index (χ4v) is 5.33. The minimum absolute atomic E-state index is 0.258. The summed E-state index contributed by atoms with van der Waals surface area (Å²) in [5, 5.41) is 9.46. The molecule has 4 aromatic rings. The molecule has 0 radical (unpaired) electrons. The molecule has 3 aromatic heterocycles. The first-order valence-corrected chi connectivity index (χ1v) is 11.6. The van der Waals surface area contributed by atoms with E-state index in [2.05, 4.69) is 25.1 Å². The number of nitrogens with one attached hydrogen (secondary N) is 1. The Morgan fingerprint density at radius 2 is 1.84 bits per heavy atom. The molecule has 1 aromatic carbocycles. The predicted octanol–water partition coefficient (Wildman–Crippen LogP) is 2.77. The van der Waals surface area contributed by atoms with Gasteiger partial charge in [-0.25, -0.2) is 13.4 Å². The maximum atomic E-state index is 13.1. The summed E-state index contributed by atoms with van der Waals surface area (Å²) in [7, 11) is -3.60. The standard InChI is InChI=1S/C20H19ClN6O3S/c21-15-5-3-14(4-6-15)20-25-24-18(30-20)13-26-8-10-27(11-9-26)31(28,29)17-12-23-19-16(17)2-1-7-22-19/h1-7,12H,8-11,13H2,(H,22,23). The molecule has 0 saturated carbocycles. The molecule has 0 atom stereocenters. The molecule has 1 N–H and O–H groups in total. The number of halogens is 1. The van der Waals surface area contributed by atoms with E-state index in [4.69, 9.17) is 16.0 Å². The normalized spacial score (nSPS) is 16.2. The fraction of sp³-hybridized carbons (Fsp3) is 0.250. The van der Waals surface area contributed by atoms with E-state index in [9.17, 15) is 8.42 Å². The van der Waals surface area contributed by atoms with Crippen LogP contribution in [0.2, 0.25) is 5.02 Å². The van der Waals surface area contributed by atoms with Crippen LogP contribution in [0.25, 0.3) is 22.5 Å². The Hall–Kier alpha value is -2.79. The van der Waals surface area contributed by atoms with Crippen molar-refractivity contribution in [2.45, 2.75) is 11.4 Å². The van der Waals surface area contributed by atoms with Crippen LogP contribution in [0.3, 0.4) is 0 Å². The Kier molecular flexibility index (Phi) is 5.22. The second-order valence-electron chi connectivity index (χ2n) is 7.24. The number of benzene rings is 1. The fourth-order valence-electron chi connectivity index (χ4n) is 3.63. The number of nitrogens with zero attached hydrogens (tertiary/aromatic N) is 5. The predicted molar refractivity (Wildman–Crippen MR) is 115 cm³/mol. The zero-order valence-corrected chi connectivity index (χ0v) is 18.0. The number of aromatic amines is 1. The first-order chi connectivity index (χ1) is 15.0. The van der Waals surface area contributed by atoms with Crippen molar-refractivity contribution < 1.29 is 12.8 Å². The molecule has 11 heteroatoms. The summed E-state index contributed by atoms with van der Waals surface area (Å²) in [6.07, 6.45) is 3.14. The highest BCUT2D eigenvalue weighted by Gasteiger charge is 2.31. The third-order valence-electron chi connectivity index (χ3n) is 5.28. The summed E-state index contributed by atoms with van der Waals surface area (Å²) in [6, 6.07) is 10.7. The average molecular weight is 459 g/mol. The quantitative estimate of drug-likeness (QED) is 0.489. The van der Waals surface area contributed by atoms with Crippen LogP contribution in [-0.2, 0) is 16.6 Å². The number of aromatic nitrogens is 4. The summed E-state index contributed by atoms with van der Waals surface area (Å²) >= 11 is 5.91. The first-order valence-electron chi connectivity index (χ1n) is 9.74. The van der Waals surface area contributed by atoms with Gasteiger partial charge in [0, 0.05) is 54.5 Å². The summed E-state index contributed by atoms with van der Waals surface area (Å²) in [5.41, 5.74) is 1.36. The van der Waals surface area contributed by atoms with Crippen LogP contribution < -0.4 is 0 Å². The Bertz CT molecular complexity index is 1310. The minimum atomic E-state index is -3.60. The molecule has 160 valence electrons. The second-order valence-corrected chi connectivity index (χ2v) is 9.58. The van der Waals surface area contributed by atoms with E-state index in [0.717, 1.165) is 5.56 Å². The van der Waals surface area contributed by atoms with Crippen molar-refractivity contribution >= 4 is 32.7 Å². The van der Waals surface area contributed by atoms with Gasteiger partial charge in [0.2, 0.25) is 21.8 Å². The van der Waals surface area contributed by atoms with Gasteiger partial charge in [0.15, 0.2) is 0 Å². The molecule has 1 aliphatic heterocycles. The van der Waals surface area contributed by atoms with Crippen LogP contribution in [-0.4, -0.2) is 64.0 Å². The van der Waals surface area contributed by atoms with Crippen molar-refractivity contribution in [2.75, 3.05) is 26.2 Å². The van der Waals surface area contributed by atoms with Gasteiger partial charge >= 0.3 is 0 Å². The summed E-state index contributed by atoms with van der Waals surface area (Å²) in [4.78, 5) is 9.46. The first kappa shape index (κ1) is 20.1. The topological polar surface area (TPSA) is 108 Å². The highest BCUT2D eigenvalue weighted by molar-refractivity contribution is 7.89. The number of rotatable bonds is 5. The van der Waals surface area contributed by atoms with E-state index in [1.165, 1.54) is 10.5 Å². The molecular formula is C20H19ClN6O3S. The number of pyridine rings is 1. The van der Waals surface area contributed by atoms with E-state index < -0.39 is 10.0 Å². The van der Waals surface area contributed by atoms with Crippen LogP contribution in [0.5, 0.6) is 0 Å². The van der Waals surface area contributed by atoms with E-state index in [0.29, 0.717) is 60.6 Å². The van der Waals surface area contributed by atoms with Crippen LogP contribution in [0.1, 0.15) is 5.89 Å². The van der Waals surface area contributed by atoms with E-state index in [1.54, 1.807) is 30.5 Å². The maximum Gasteiger partial charge on any atom is 0.247 e. The lowest BCUT2D eigenvalue weighted by Gasteiger charge is -2.33. The van der Waals surface area contributed by atoms with Crippen molar-refractivity contribution in [3.8, 4) is 11.5 Å². The molecule has 4 heterocycles. The molecule has 1 fully saturated rings. The SMILES string of the molecule is O=S(=O)(c1c[nH]c2ncccc12)N1CCN(Cc2nnc(-c3ccc(Cl)cc3)o2)CC1. The molecule has 1 aliphatic rings. The largest absolute Gasteiger partial charge is 0.419 e. The number of H-pyrrole nitrogens is 1. The number of hydrogen-bond acceptors (Lipinski definition) is 7. The van der Waals surface area contributed by atoms with Gasteiger partial charge in [-0.15, -0.1) is 10.2 Å². The van der Waals surface area contributed by atoms with Gasteiger partial charge in [-0.1, -0.05) is 11.6 Å². The van der Waals surface area contributed by atoms with Gasteiger partial charge in [0.1, 0.15) is 10.5 Å². The number of fused-ring (bicyclic) bond motifs is 1. The van der Waals surface area contributed by atoms with Gasteiger partial charge in [0.25, 0.3) is 0 Å². The summed E-state index contributed by atoms with van der Waals surface area (Å²) in [6.45, 7) is 2.36. The van der Waals surface area contributed by atoms with Crippen LogP contribution in [0, 0.1) is 0 Å². The molecule has 0 unspecified atom stereocenters. The van der Waals surface area contributed by atoms with E-state index in [-0.39, 0.29) is 4.90 Å². The molecule has 1 saturated heterocycles. The lowest BCUT2D eigenvalue weighted by atomic mass is 10.2. The minimum Gasteiger partial charge on any atom is -0.419 e. The Morgan fingerprint density at radius 1 is 1.06 bits per heavy atom. The van der Waals surface area contributed by atoms with Gasteiger partial charge in [-0.2, -0.15) is 4.31 Å². The number of piperazine rings is 1. The third-order valence-corrected chi connectivity index (χ3v) is 7.47. The highest BCUT2D eigenvalue weighted by Crippen LogP contribution is 2.26. The lowest BCUT2D eigenvalue weighted by molar-refractivity contribution is 0.168. The van der Waals surface area contributed by atoms with Crippen molar-refractivity contribution in [1.82, 2.24) is 29.4 Å². The van der Waals surface area contributed by atoms with Gasteiger partial charge in [-0.3, -0.25) is 4.90 Å². The molecule has 31 heavy (non-hydrogen) atoms. The highest BCUT2D eigenvalue weighted by atomic mass is 35.5. The van der Waals surface area contributed by atoms with Gasteiger partial charge < -0.3 is 9.40 Å². The number of hydrogen-bond donors (Lipinski definition) is 1. The molecule has 9 nitrogen and oxygen atoms in total.